The summed E-state index contributed by atoms with van der Waals surface area (Å²) in [6.45, 7) is 1.67. The van der Waals surface area contributed by atoms with E-state index in [0.717, 1.165) is 6.26 Å². The average molecular weight is 442 g/mol. The maximum Gasteiger partial charge on any atom is 0.256 e. The molecule has 2 N–H and O–H groups in total. The number of carbonyl (C=O) groups excluding carboxylic acids is 2. The van der Waals surface area contributed by atoms with Gasteiger partial charge in [0.2, 0.25) is 5.91 Å². The van der Waals surface area contributed by atoms with E-state index in [9.17, 15) is 18.0 Å². The monoisotopic (exact) mass is 442 g/mol. The van der Waals surface area contributed by atoms with Crippen LogP contribution < -0.4 is 15.4 Å². The smallest absolute Gasteiger partial charge is 0.256 e. The number of anilines is 2. The molecular formula is C21H22N4O5S. The summed E-state index contributed by atoms with van der Waals surface area (Å²) in [4.78, 5) is 24.9. The summed E-state index contributed by atoms with van der Waals surface area (Å²) >= 11 is 0. The lowest BCUT2D eigenvalue weighted by Gasteiger charge is -2.08. The van der Waals surface area contributed by atoms with Gasteiger partial charge in [0.15, 0.2) is 9.84 Å². The predicted molar refractivity (Wildman–Crippen MR) is 116 cm³/mol. The Hall–Kier alpha value is -3.66. The molecule has 0 saturated carbocycles. The number of methoxy groups -OCH3 is 1. The number of ether oxygens (including phenoxy) is 1. The van der Waals surface area contributed by atoms with E-state index in [1.807, 2.05) is 0 Å². The molecule has 1 heterocycles. The number of amides is 2. The predicted octanol–water partition coefficient (Wildman–Crippen LogP) is 2.49. The molecule has 0 radical (unpaired) electrons. The van der Waals surface area contributed by atoms with Gasteiger partial charge in [-0.3, -0.25) is 14.3 Å². The lowest BCUT2D eigenvalue weighted by Crippen LogP contribution is -2.19. The summed E-state index contributed by atoms with van der Waals surface area (Å²) in [5, 5.41) is 9.49. The standard InChI is InChI=1S/C21H22N4O5S/c1-14-4-9-18(31(3,28)29)10-19(14)21(27)24-16-11-22-25(12-16)13-20(26)23-15-5-7-17(30-2)8-6-15/h4-12H,13H2,1-3H3,(H,23,26)(H,24,27). The number of hydrogen-bond donors (Lipinski definition) is 2. The van der Waals surface area contributed by atoms with Crippen LogP contribution in [0.1, 0.15) is 15.9 Å². The maximum absolute atomic E-state index is 12.6. The van der Waals surface area contributed by atoms with Gasteiger partial charge >= 0.3 is 0 Å². The van der Waals surface area contributed by atoms with Gasteiger partial charge in [-0.25, -0.2) is 8.42 Å². The number of benzene rings is 2. The van der Waals surface area contributed by atoms with Crippen molar-refractivity contribution in [1.29, 1.82) is 0 Å². The quantitative estimate of drug-likeness (QED) is 0.580. The van der Waals surface area contributed by atoms with Crippen LogP contribution >= 0.6 is 0 Å². The molecule has 2 amide bonds. The third kappa shape index (κ3) is 5.70. The Morgan fingerprint density at radius 2 is 1.77 bits per heavy atom. The Bertz CT molecular complexity index is 1220. The second-order valence-corrected chi connectivity index (χ2v) is 8.92. The zero-order valence-electron chi connectivity index (χ0n) is 17.2. The highest BCUT2D eigenvalue weighted by Gasteiger charge is 2.15. The second-order valence-electron chi connectivity index (χ2n) is 6.91. The first-order chi connectivity index (χ1) is 14.7. The molecule has 31 heavy (non-hydrogen) atoms. The van der Waals surface area contributed by atoms with E-state index in [2.05, 4.69) is 15.7 Å². The molecule has 1 aromatic heterocycles. The molecule has 2 aromatic carbocycles. The number of carbonyl (C=O) groups is 2. The topological polar surface area (TPSA) is 119 Å². The van der Waals surface area contributed by atoms with E-state index in [1.54, 1.807) is 44.4 Å². The Morgan fingerprint density at radius 3 is 2.42 bits per heavy atom. The largest absolute Gasteiger partial charge is 0.497 e. The van der Waals surface area contributed by atoms with Crippen LogP contribution in [0, 0.1) is 6.92 Å². The molecule has 9 nitrogen and oxygen atoms in total. The molecule has 162 valence electrons. The molecule has 0 aliphatic heterocycles. The molecule has 0 saturated heterocycles. The van der Waals surface area contributed by atoms with Gasteiger partial charge in [-0.15, -0.1) is 0 Å². The summed E-state index contributed by atoms with van der Waals surface area (Å²) < 4.78 is 30.0. The van der Waals surface area contributed by atoms with Crippen molar-refractivity contribution < 1.29 is 22.7 Å². The zero-order valence-corrected chi connectivity index (χ0v) is 18.1. The van der Waals surface area contributed by atoms with Crippen LogP contribution in [-0.2, 0) is 21.2 Å². The van der Waals surface area contributed by atoms with E-state index in [0.29, 0.717) is 22.7 Å². The first kappa shape index (κ1) is 22.0. The minimum Gasteiger partial charge on any atom is -0.497 e. The highest BCUT2D eigenvalue weighted by Crippen LogP contribution is 2.18. The highest BCUT2D eigenvalue weighted by molar-refractivity contribution is 7.90. The second kappa shape index (κ2) is 9.00. The molecule has 0 bridgehead atoms. The molecule has 3 rings (SSSR count). The van der Waals surface area contributed by atoms with Crippen molar-refractivity contribution in [3.63, 3.8) is 0 Å². The van der Waals surface area contributed by atoms with Crippen LogP contribution in [0.3, 0.4) is 0 Å². The minimum absolute atomic E-state index is 0.0511. The molecule has 0 fully saturated rings. The van der Waals surface area contributed by atoms with Crippen LogP contribution in [0.5, 0.6) is 5.75 Å². The average Bonchev–Trinajstić information content (AvgIpc) is 3.14. The van der Waals surface area contributed by atoms with Crippen molar-refractivity contribution in [3.05, 3.63) is 66.0 Å². The summed E-state index contributed by atoms with van der Waals surface area (Å²) in [6.07, 6.45) is 4.01. The molecule has 0 aliphatic carbocycles. The normalized spacial score (nSPS) is 11.1. The Kier molecular flexibility index (Phi) is 6.40. The third-order valence-corrected chi connectivity index (χ3v) is 5.56. The molecular weight excluding hydrogens is 420 g/mol. The molecule has 0 unspecified atom stereocenters. The fourth-order valence-electron chi connectivity index (χ4n) is 2.81. The van der Waals surface area contributed by atoms with Gasteiger partial charge < -0.3 is 15.4 Å². The van der Waals surface area contributed by atoms with Crippen LogP contribution in [-0.4, -0.2) is 43.4 Å². The summed E-state index contributed by atoms with van der Waals surface area (Å²) in [6, 6.07) is 11.3. The van der Waals surface area contributed by atoms with Gasteiger partial charge in [0.25, 0.3) is 5.91 Å². The number of aromatic nitrogens is 2. The number of rotatable bonds is 7. The number of nitrogens with one attached hydrogen (secondary N) is 2. The van der Waals surface area contributed by atoms with Gasteiger partial charge in [-0.2, -0.15) is 5.10 Å². The number of hydrogen-bond acceptors (Lipinski definition) is 6. The maximum atomic E-state index is 12.6. The van der Waals surface area contributed by atoms with Crippen molar-refractivity contribution in [2.75, 3.05) is 24.0 Å². The van der Waals surface area contributed by atoms with Gasteiger partial charge in [-0.1, -0.05) is 6.07 Å². The first-order valence-electron chi connectivity index (χ1n) is 9.24. The van der Waals surface area contributed by atoms with Crippen molar-refractivity contribution in [2.24, 2.45) is 0 Å². The SMILES string of the molecule is COc1ccc(NC(=O)Cn2cc(NC(=O)c3cc(S(C)(=O)=O)ccc3C)cn2)cc1. The number of sulfone groups is 1. The van der Waals surface area contributed by atoms with Crippen molar-refractivity contribution in [2.45, 2.75) is 18.4 Å². The summed E-state index contributed by atoms with van der Waals surface area (Å²) in [5.74, 6) is -0.0733. The molecule has 0 aliphatic rings. The van der Waals surface area contributed by atoms with E-state index in [1.165, 1.54) is 29.2 Å². The van der Waals surface area contributed by atoms with Gasteiger partial charge in [-0.05, 0) is 48.9 Å². The summed E-state index contributed by atoms with van der Waals surface area (Å²) in [5.41, 5.74) is 1.88. The van der Waals surface area contributed by atoms with Crippen molar-refractivity contribution in [3.8, 4) is 5.75 Å². The zero-order chi connectivity index (χ0) is 22.6. The van der Waals surface area contributed by atoms with E-state index in [4.69, 9.17) is 4.74 Å². The highest BCUT2D eigenvalue weighted by atomic mass is 32.2. The first-order valence-corrected chi connectivity index (χ1v) is 11.1. The van der Waals surface area contributed by atoms with Crippen molar-refractivity contribution >= 4 is 33.0 Å². The van der Waals surface area contributed by atoms with E-state index >= 15 is 0 Å². The van der Waals surface area contributed by atoms with Gasteiger partial charge in [0.1, 0.15) is 12.3 Å². The molecule has 10 heteroatoms. The number of aryl methyl sites for hydroxylation is 1. The molecule has 0 atom stereocenters. The van der Waals surface area contributed by atoms with Crippen LogP contribution in [0.15, 0.2) is 59.8 Å². The Balaban J connectivity index is 1.64. The fourth-order valence-corrected chi connectivity index (χ4v) is 3.46. The number of nitrogens with zero attached hydrogens (tertiary/aromatic N) is 2. The summed E-state index contributed by atoms with van der Waals surface area (Å²) in [7, 11) is -1.87. The fraction of sp³-hybridized carbons (Fsp3) is 0.190. The Labute approximate surface area is 180 Å². The van der Waals surface area contributed by atoms with Crippen LogP contribution in [0.25, 0.3) is 0 Å². The lowest BCUT2D eigenvalue weighted by atomic mass is 10.1. The van der Waals surface area contributed by atoms with Crippen molar-refractivity contribution in [1.82, 2.24) is 9.78 Å². The van der Waals surface area contributed by atoms with Crippen LogP contribution in [0.2, 0.25) is 0 Å². The molecule has 3 aromatic rings. The van der Waals surface area contributed by atoms with Crippen LogP contribution in [0.4, 0.5) is 11.4 Å². The molecule has 0 spiro atoms. The Morgan fingerprint density at radius 1 is 1.06 bits per heavy atom. The van der Waals surface area contributed by atoms with Gasteiger partial charge in [0, 0.05) is 23.7 Å². The third-order valence-electron chi connectivity index (χ3n) is 4.45. The lowest BCUT2D eigenvalue weighted by molar-refractivity contribution is -0.116. The van der Waals surface area contributed by atoms with Gasteiger partial charge in [0.05, 0.1) is 23.9 Å². The van der Waals surface area contributed by atoms with E-state index in [-0.39, 0.29) is 22.9 Å². The van der Waals surface area contributed by atoms with E-state index < -0.39 is 15.7 Å². The minimum atomic E-state index is -3.44.